The fourth-order valence-electron chi connectivity index (χ4n) is 2.46. The van der Waals surface area contributed by atoms with E-state index in [0.29, 0.717) is 19.8 Å². The van der Waals surface area contributed by atoms with Crippen molar-refractivity contribution >= 4 is 11.3 Å². The predicted molar refractivity (Wildman–Crippen MR) is 68.4 cm³/mol. The molecular weight excluding hydrogens is 236 g/mol. The first-order valence-electron chi connectivity index (χ1n) is 6.13. The number of aliphatic hydroxyl groups excluding tert-OH is 1. The Morgan fingerprint density at radius 3 is 2.76 bits per heavy atom. The van der Waals surface area contributed by atoms with Crippen molar-refractivity contribution in [2.45, 2.75) is 38.4 Å². The topological polar surface area (TPSA) is 38.7 Å². The fourth-order valence-corrected chi connectivity index (χ4v) is 3.20. The van der Waals surface area contributed by atoms with E-state index in [1.54, 1.807) is 11.3 Å². The molecule has 0 aromatic carbocycles. The molecule has 2 rings (SSSR count). The molecule has 3 nitrogen and oxygen atoms in total. The number of thiophene rings is 1. The second-order valence-electron chi connectivity index (χ2n) is 4.44. The monoisotopic (exact) mass is 256 g/mol. The number of hydrogen-bond acceptors (Lipinski definition) is 4. The first-order chi connectivity index (χ1) is 8.19. The zero-order chi connectivity index (χ0) is 12.3. The Labute approximate surface area is 106 Å². The van der Waals surface area contributed by atoms with E-state index in [-0.39, 0.29) is 0 Å². The van der Waals surface area contributed by atoms with Crippen molar-refractivity contribution in [2.24, 2.45) is 0 Å². The van der Waals surface area contributed by atoms with E-state index < -0.39 is 11.7 Å². The summed E-state index contributed by atoms with van der Waals surface area (Å²) in [5.41, 5.74) is 0.545. The van der Waals surface area contributed by atoms with Crippen LogP contribution in [0.3, 0.4) is 0 Å². The molecule has 1 aromatic rings. The first kappa shape index (κ1) is 13.0. The third-order valence-electron chi connectivity index (χ3n) is 3.46. The molecule has 0 saturated carbocycles. The minimum atomic E-state index is -0.544. The van der Waals surface area contributed by atoms with Gasteiger partial charge in [-0.15, -0.1) is 11.3 Å². The SMILES string of the molecule is CCOC1(C(O)c2ccsc2C)CCOCC1. The highest BCUT2D eigenvalue weighted by molar-refractivity contribution is 7.10. The van der Waals surface area contributed by atoms with Crippen molar-refractivity contribution in [2.75, 3.05) is 19.8 Å². The van der Waals surface area contributed by atoms with E-state index in [0.717, 1.165) is 18.4 Å². The Bertz CT molecular complexity index is 350. The molecule has 0 bridgehead atoms. The highest BCUT2D eigenvalue weighted by Crippen LogP contribution is 2.39. The van der Waals surface area contributed by atoms with E-state index >= 15 is 0 Å². The van der Waals surface area contributed by atoms with Crippen molar-refractivity contribution in [1.29, 1.82) is 0 Å². The lowest BCUT2D eigenvalue weighted by molar-refractivity contribution is -0.168. The molecule has 17 heavy (non-hydrogen) atoms. The number of aliphatic hydroxyl groups is 1. The lowest BCUT2D eigenvalue weighted by Gasteiger charge is -2.40. The van der Waals surface area contributed by atoms with Gasteiger partial charge in [0, 0.05) is 37.5 Å². The zero-order valence-electron chi connectivity index (χ0n) is 10.4. The van der Waals surface area contributed by atoms with Gasteiger partial charge in [0.05, 0.1) is 0 Å². The zero-order valence-corrected chi connectivity index (χ0v) is 11.3. The fraction of sp³-hybridized carbons (Fsp3) is 0.692. The summed E-state index contributed by atoms with van der Waals surface area (Å²) in [4.78, 5) is 1.17. The molecule has 0 aliphatic carbocycles. The Hall–Kier alpha value is -0.420. The lowest BCUT2D eigenvalue weighted by atomic mass is 9.84. The molecule has 4 heteroatoms. The summed E-state index contributed by atoms with van der Waals surface area (Å²) in [5, 5.41) is 12.6. The molecule has 1 unspecified atom stereocenters. The van der Waals surface area contributed by atoms with Crippen LogP contribution in [0.15, 0.2) is 11.4 Å². The molecule has 2 heterocycles. The maximum atomic E-state index is 10.6. The molecule has 0 radical (unpaired) electrons. The second-order valence-corrected chi connectivity index (χ2v) is 5.57. The average Bonchev–Trinajstić information content (AvgIpc) is 2.76. The van der Waals surface area contributed by atoms with Gasteiger partial charge in [-0.2, -0.15) is 0 Å². The molecular formula is C13H20O3S. The molecule has 1 atom stereocenters. The van der Waals surface area contributed by atoms with Crippen LogP contribution in [0.25, 0.3) is 0 Å². The number of ether oxygens (including phenoxy) is 2. The van der Waals surface area contributed by atoms with E-state index in [2.05, 4.69) is 0 Å². The van der Waals surface area contributed by atoms with Gasteiger partial charge in [0.15, 0.2) is 0 Å². The largest absolute Gasteiger partial charge is 0.385 e. The summed E-state index contributed by atoms with van der Waals surface area (Å²) in [7, 11) is 0. The second kappa shape index (κ2) is 5.48. The quantitative estimate of drug-likeness (QED) is 0.900. The normalized spacial score (nSPS) is 21.4. The third kappa shape index (κ3) is 2.55. The van der Waals surface area contributed by atoms with Gasteiger partial charge >= 0.3 is 0 Å². The predicted octanol–water partition coefficient (Wildman–Crippen LogP) is 2.68. The van der Waals surface area contributed by atoms with Crippen molar-refractivity contribution in [3.8, 4) is 0 Å². The summed E-state index contributed by atoms with van der Waals surface area (Å²) in [6, 6.07) is 2.00. The van der Waals surface area contributed by atoms with Gasteiger partial charge in [0.25, 0.3) is 0 Å². The molecule has 1 fully saturated rings. The number of rotatable bonds is 4. The smallest absolute Gasteiger partial charge is 0.109 e. The van der Waals surface area contributed by atoms with E-state index in [4.69, 9.17) is 9.47 Å². The molecule has 1 saturated heterocycles. The third-order valence-corrected chi connectivity index (χ3v) is 4.32. The Morgan fingerprint density at radius 1 is 1.53 bits per heavy atom. The molecule has 1 N–H and O–H groups in total. The summed E-state index contributed by atoms with van der Waals surface area (Å²) in [6.45, 7) is 5.98. The van der Waals surface area contributed by atoms with Gasteiger partial charge in [-0.05, 0) is 30.9 Å². The van der Waals surface area contributed by atoms with E-state index in [1.807, 2.05) is 25.3 Å². The summed E-state index contributed by atoms with van der Waals surface area (Å²) in [5.74, 6) is 0. The first-order valence-corrected chi connectivity index (χ1v) is 7.01. The van der Waals surface area contributed by atoms with Crippen LogP contribution >= 0.6 is 11.3 Å². The van der Waals surface area contributed by atoms with Gasteiger partial charge in [-0.3, -0.25) is 0 Å². The maximum absolute atomic E-state index is 10.6. The molecule has 1 aliphatic rings. The van der Waals surface area contributed by atoms with Gasteiger partial charge in [0.1, 0.15) is 11.7 Å². The molecule has 1 aromatic heterocycles. The van der Waals surface area contributed by atoms with Crippen molar-refractivity contribution in [3.63, 3.8) is 0 Å². The maximum Gasteiger partial charge on any atom is 0.109 e. The Kier molecular flexibility index (Phi) is 4.20. The summed E-state index contributed by atoms with van der Waals surface area (Å²) in [6.07, 6.45) is 0.979. The van der Waals surface area contributed by atoms with E-state index in [9.17, 15) is 5.11 Å². The van der Waals surface area contributed by atoms with Crippen LogP contribution in [0.5, 0.6) is 0 Å². The highest BCUT2D eigenvalue weighted by Gasteiger charge is 2.41. The molecule has 0 spiro atoms. The van der Waals surface area contributed by atoms with Gasteiger partial charge in [-0.25, -0.2) is 0 Å². The Balaban J connectivity index is 2.23. The molecule has 0 amide bonds. The van der Waals surface area contributed by atoms with Crippen molar-refractivity contribution < 1.29 is 14.6 Å². The molecule has 1 aliphatic heterocycles. The summed E-state index contributed by atoms with van der Waals surface area (Å²) < 4.78 is 11.3. The van der Waals surface area contributed by atoms with E-state index in [1.165, 1.54) is 4.88 Å². The van der Waals surface area contributed by atoms with Crippen LogP contribution in [0.4, 0.5) is 0 Å². The Morgan fingerprint density at radius 2 is 2.24 bits per heavy atom. The molecule has 96 valence electrons. The van der Waals surface area contributed by atoms with Crippen LogP contribution in [0, 0.1) is 6.92 Å². The van der Waals surface area contributed by atoms with Crippen LogP contribution < -0.4 is 0 Å². The van der Waals surface area contributed by atoms with Gasteiger partial charge < -0.3 is 14.6 Å². The minimum Gasteiger partial charge on any atom is -0.385 e. The van der Waals surface area contributed by atoms with Crippen molar-refractivity contribution in [3.05, 3.63) is 21.9 Å². The van der Waals surface area contributed by atoms with Gasteiger partial charge in [-0.1, -0.05) is 0 Å². The van der Waals surface area contributed by atoms with Crippen LogP contribution in [-0.4, -0.2) is 30.5 Å². The minimum absolute atomic E-state index is 0.459. The highest BCUT2D eigenvalue weighted by atomic mass is 32.1. The lowest BCUT2D eigenvalue weighted by Crippen LogP contribution is -2.44. The summed E-state index contributed by atoms with van der Waals surface area (Å²) >= 11 is 1.67. The average molecular weight is 256 g/mol. The van der Waals surface area contributed by atoms with Crippen molar-refractivity contribution in [1.82, 2.24) is 0 Å². The van der Waals surface area contributed by atoms with Crippen LogP contribution in [0.2, 0.25) is 0 Å². The number of aryl methyl sites for hydroxylation is 1. The standard InChI is InChI=1S/C13H20O3S/c1-3-16-13(5-7-15-8-6-13)12(14)11-4-9-17-10(11)2/h4,9,12,14H,3,5-8H2,1-2H3. The number of hydrogen-bond donors (Lipinski definition) is 1. The van der Waals surface area contributed by atoms with Crippen LogP contribution in [-0.2, 0) is 9.47 Å². The van der Waals surface area contributed by atoms with Crippen LogP contribution in [0.1, 0.15) is 36.3 Å². The van der Waals surface area contributed by atoms with Gasteiger partial charge in [0.2, 0.25) is 0 Å².